The number of aromatic amines is 1. The number of nitrogens with zero attached hydrogens (tertiary/aromatic N) is 4. The van der Waals surface area contributed by atoms with Gasteiger partial charge in [-0.25, -0.2) is 4.79 Å². The average molecular weight is 457 g/mol. The Kier molecular flexibility index (Phi) is 6.85. The van der Waals surface area contributed by atoms with Crippen LogP contribution in [-0.2, 0) is 14.0 Å². The number of carbonyl (C=O) groups is 1. The van der Waals surface area contributed by atoms with Crippen LogP contribution in [0.15, 0.2) is 27.0 Å². The quantitative estimate of drug-likeness (QED) is 0.186. The van der Waals surface area contributed by atoms with E-state index in [1.165, 1.54) is 0 Å². The molecule has 14 heteroatoms. The van der Waals surface area contributed by atoms with Gasteiger partial charge in [0.25, 0.3) is 5.56 Å². The maximum absolute atomic E-state index is 12.4. The van der Waals surface area contributed by atoms with E-state index < -0.39 is 62.2 Å². The van der Waals surface area contributed by atoms with E-state index in [9.17, 15) is 24.6 Å². The van der Waals surface area contributed by atoms with Gasteiger partial charge in [-0.3, -0.25) is 19.1 Å². The fourth-order valence-corrected chi connectivity index (χ4v) is 4.49. The summed E-state index contributed by atoms with van der Waals surface area (Å²) in [5.74, 6) is -1.17. The zero-order valence-corrected chi connectivity index (χ0v) is 19.0. The first kappa shape index (κ1) is 24.8. The molecule has 0 bridgehead atoms. The summed E-state index contributed by atoms with van der Waals surface area (Å²) >= 11 is 0. The summed E-state index contributed by atoms with van der Waals surface area (Å²) in [4.78, 5) is 40.7. The first-order valence-electron chi connectivity index (χ1n) is 9.52. The minimum Gasteiger partial charge on any atom is -0.406 e. The molecule has 5 atom stereocenters. The summed E-state index contributed by atoms with van der Waals surface area (Å²) in [6, 6.07) is -0.800. The van der Waals surface area contributed by atoms with E-state index >= 15 is 0 Å². The number of hydrogen-bond donors (Lipinski definition) is 4. The van der Waals surface area contributed by atoms with Gasteiger partial charge < -0.3 is 25.1 Å². The molecular formula is C17H28N6O7Si. The number of nitrogens with one attached hydrogen (secondary N) is 1. The SMILES string of the molecule is CC(C)(C)[Si](C)(C)O[C@H]1[C@H](n2ccc(=O)[nH]c2=O)O[C@H](CO)C1(O)C(N=[N+]=[N-])C(N)=O. The summed E-state index contributed by atoms with van der Waals surface area (Å²) in [5, 5.41) is 24.5. The molecule has 1 aliphatic heterocycles. The Morgan fingerprint density at radius 1 is 1.52 bits per heavy atom. The number of aliphatic hydroxyl groups excluding tert-OH is 1. The molecule has 0 spiro atoms. The van der Waals surface area contributed by atoms with Gasteiger partial charge in [0, 0.05) is 17.2 Å². The van der Waals surface area contributed by atoms with E-state index in [-0.39, 0.29) is 5.04 Å². The number of aromatic nitrogens is 2. The van der Waals surface area contributed by atoms with Crippen molar-refractivity contribution in [3.8, 4) is 0 Å². The predicted molar refractivity (Wildman–Crippen MR) is 111 cm³/mol. The summed E-state index contributed by atoms with van der Waals surface area (Å²) < 4.78 is 13.0. The summed E-state index contributed by atoms with van der Waals surface area (Å²) in [6.45, 7) is 8.71. The van der Waals surface area contributed by atoms with E-state index in [1.54, 1.807) is 0 Å². The van der Waals surface area contributed by atoms with Crippen molar-refractivity contribution in [2.24, 2.45) is 10.8 Å². The van der Waals surface area contributed by atoms with Crippen LogP contribution >= 0.6 is 0 Å². The zero-order valence-electron chi connectivity index (χ0n) is 18.0. The van der Waals surface area contributed by atoms with E-state index in [1.807, 2.05) is 33.9 Å². The van der Waals surface area contributed by atoms with Crippen LogP contribution in [0.1, 0.15) is 27.0 Å². The van der Waals surface area contributed by atoms with E-state index in [0.29, 0.717) is 0 Å². The Hall–Kier alpha value is -2.48. The third kappa shape index (κ3) is 4.44. The van der Waals surface area contributed by atoms with Crippen LogP contribution in [0.4, 0.5) is 0 Å². The van der Waals surface area contributed by atoms with E-state index in [0.717, 1.165) is 16.8 Å². The molecule has 31 heavy (non-hydrogen) atoms. The third-order valence-electron chi connectivity index (χ3n) is 5.93. The molecule has 2 unspecified atom stereocenters. The highest BCUT2D eigenvalue weighted by Gasteiger charge is 2.64. The Morgan fingerprint density at radius 3 is 2.58 bits per heavy atom. The molecule has 2 heterocycles. The van der Waals surface area contributed by atoms with Gasteiger partial charge in [-0.2, -0.15) is 0 Å². The lowest BCUT2D eigenvalue weighted by Crippen LogP contribution is -2.64. The molecular weight excluding hydrogens is 428 g/mol. The second-order valence-corrected chi connectivity index (χ2v) is 13.7. The van der Waals surface area contributed by atoms with Crippen LogP contribution in [0.3, 0.4) is 0 Å². The number of carbonyl (C=O) groups excluding carboxylic acids is 1. The number of ether oxygens (including phenoxy) is 1. The maximum atomic E-state index is 12.4. The normalized spacial score (nSPS) is 27.5. The van der Waals surface area contributed by atoms with Crippen molar-refractivity contribution in [2.75, 3.05) is 6.61 Å². The first-order valence-corrected chi connectivity index (χ1v) is 12.4. The number of aliphatic hydroxyl groups is 2. The largest absolute Gasteiger partial charge is 0.406 e. The van der Waals surface area contributed by atoms with Gasteiger partial charge in [-0.05, 0) is 23.7 Å². The molecule has 5 N–H and O–H groups in total. The minimum atomic E-state index is -2.70. The van der Waals surface area contributed by atoms with E-state index in [4.69, 9.17) is 20.4 Å². The molecule has 172 valence electrons. The monoisotopic (exact) mass is 456 g/mol. The second-order valence-electron chi connectivity index (χ2n) is 8.91. The first-order chi connectivity index (χ1) is 14.2. The molecule has 0 aliphatic carbocycles. The van der Waals surface area contributed by atoms with E-state index in [2.05, 4.69) is 15.0 Å². The topological polar surface area (TPSA) is 206 Å². The molecule has 0 saturated carbocycles. The summed E-state index contributed by atoms with van der Waals surface area (Å²) in [5.41, 5.74) is 10.4. The number of azide groups is 1. The number of nitrogens with two attached hydrogens (primary N) is 1. The molecule has 1 fully saturated rings. The molecule has 13 nitrogen and oxygen atoms in total. The van der Waals surface area contributed by atoms with Gasteiger partial charge in [0.1, 0.15) is 23.9 Å². The highest BCUT2D eigenvalue weighted by atomic mass is 28.4. The van der Waals surface area contributed by atoms with Crippen molar-refractivity contribution < 1.29 is 24.2 Å². The molecule has 1 aromatic rings. The van der Waals surface area contributed by atoms with Gasteiger partial charge in [0.2, 0.25) is 5.91 Å². The molecule has 0 aromatic carbocycles. The summed E-state index contributed by atoms with van der Waals surface area (Å²) in [6.07, 6.45) is -3.16. The van der Waals surface area contributed by atoms with Crippen LogP contribution in [0.25, 0.3) is 10.4 Å². The number of H-pyrrole nitrogens is 1. The fraction of sp³-hybridized carbons (Fsp3) is 0.706. The average Bonchev–Trinajstić information content (AvgIpc) is 2.90. The number of hydrogen-bond acceptors (Lipinski definition) is 8. The van der Waals surface area contributed by atoms with Gasteiger partial charge in [-0.15, -0.1) is 0 Å². The van der Waals surface area contributed by atoms with Crippen molar-refractivity contribution in [3.63, 3.8) is 0 Å². The van der Waals surface area contributed by atoms with Crippen molar-refractivity contribution >= 4 is 14.2 Å². The minimum absolute atomic E-state index is 0.369. The smallest absolute Gasteiger partial charge is 0.330 e. The Balaban J connectivity index is 2.76. The lowest BCUT2D eigenvalue weighted by molar-refractivity contribution is -0.138. The summed E-state index contributed by atoms with van der Waals surface area (Å²) in [7, 11) is -2.70. The van der Waals surface area contributed by atoms with Crippen LogP contribution in [-0.4, -0.2) is 64.4 Å². The molecule has 1 aliphatic rings. The highest BCUT2D eigenvalue weighted by molar-refractivity contribution is 6.74. The highest BCUT2D eigenvalue weighted by Crippen LogP contribution is 2.46. The molecule has 1 amide bonds. The maximum Gasteiger partial charge on any atom is 0.330 e. The van der Waals surface area contributed by atoms with Gasteiger partial charge in [0.05, 0.1) is 6.61 Å². The second kappa shape index (κ2) is 8.57. The Labute approximate surface area is 178 Å². The van der Waals surface area contributed by atoms with Gasteiger partial charge >= 0.3 is 5.69 Å². The van der Waals surface area contributed by atoms with Crippen molar-refractivity contribution in [1.82, 2.24) is 9.55 Å². The number of primary amides is 1. The standard InChI is InChI=1S/C17H28N6O7Si/c1-16(2,3)31(4,5)30-12-14(23-7-6-10(25)20-15(23)27)29-9(8-24)17(12,28)11(13(18)26)21-22-19/h6-7,9,11-12,14,24,28H,8H2,1-5H3,(H2,18,26)(H,20,25,27)/t9-,11?,12+,14-,17?/m1/s1. The molecule has 1 saturated heterocycles. The molecule has 0 radical (unpaired) electrons. The Bertz CT molecular complexity index is 994. The lowest BCUT2D eigenvalue weighted by atomic mass is 9.84. The fourth-order valence-electron chi connectivity index (χ4n) is 3.20. The molecule has 1 aromatic heterocycles. The van der Waals surface area contributed by atoms with Crippen LogP contribution in [0.2, 0.25) is 18.1 Å². The number of rotatable bonds is 7. The van der Waals surface area contributed by atoms with Crippen molar-refractivity contribution in [2.45, 2.75) is 69.0 Å². The predicted octanol–water partition coefficient (Wildman–Crippen LogP) is -0.288. The zero-order chi connectivity index (χ0) is 23.8. The Morgan fingerprint density at radius 2 is 2.13 bits per heavy atom. The van der Waals surface area contributed by atoms with Gasteiger partial charge in [0.15, 0.2) is 14.5 Å². The van der Waals surface area contributed by atoms with Crippen LogP contribution in [0.5, 0.6) is 0 Å². The lowest BCUT2D eigenvalue weighted by Gasteiger charge is -2.44. The van der Waals surface area contributed by atoms with Crippen molar-refractivity contribution in [3.05, 3.63) is 43.5 Å². The molecule has 2 rings (SSSR count). The van der Waals surface area contributed by atoms with Crippen molar-refractivity contribution in [1.29, 1.82) is 0 Å². The number of amides is 1. The van der Waals surface area contributed by atoms with Gasteiger partial charge in [-0.1, -0.05) is 25.9 Å². The third-order valence-corrected chi connectivity index (χ3v) is 10.4. The van der Waals surface area contributed by atoms with Crippen LogP contribution < -0.4 is 17.0 Å². The van der Waals surface area contributed by atoms with Crippen LogP contribution in [0, 0.1) is 0 Å².